The Hall–Kier alpha value is -2.11. The number of likely N-dealkylation sites (N-methyl/N-ethyl adjacent to an activating group) is 1. The molecular weight excluding hydrogens is 258 g/mol. The van der Waals surface area contributed by atoms with Gasteiger partial charge in [0.15, 0.2) is 0 Å². The number of carboxylic acids is 1. The van der Waals surface area contributed by atoms with E-state index >= 15 is 0 Å². The number of anilines is 1. The lowest BCUT2D eigenvalue weighted by molar-refractivity contribution is -0.119. The third-order valence-electron chi connectivity index (χ3n) is 2.64. The highest BCUT2D eigenvalue weighted by molar-refractivity contribution is 5.89. The Morgan fingerprint density at radius 3 is 2.45 bits per heavy atom. The molecule has 1 amide bonds. The minimum absolute atomic E-state index is 0.0630. The maximum atomic E-state index is 11.4. The quantitative estimate of drug-likeness (QED) is 0.762. The molecule has 110 valence electrons. The molecule has 0 aliphatic rings. The second-order valence-corrected chi connectivity index (χ2v) is 5.49. The van der Waals surface area contributed by atoms with Crippen LogP contribution in [0.1, 0.15) is 43.7 Å². The Morgan fingerprint density at radius 1 is 1.30 bits per heavy atom. The molecule has 6 nitrogen and oxygen atoms in total. The van der Waals surface area contributed by atoms with Gasteiger partial charge < -0.3 is 15.7 Å². The summed E-state index contributed by atoms with van der Waals surface area (Å²) in [6, 6.07) is 2.98. The number of pyridine rings is 1. The van der Waals surface area contributed by atoms with E-state index in [9.17, 15) is 9.59 Å². The van der Waals surface area contributed by atoms with E-state index in [1.54, 1.807) is 6.07 Å². The number of hydrogen-bond donors (Lipinski definition) is 3. The molecule has 0 fully saturated rings. The van der Waals surface area contributed by atoms with Crippen molar-refractivity contribution in [3.63, 3.8) is 0 Å². The molecule has 0 saturated heterocycles. The molecule has 1 aromatic rings. The lowest BCUT2D eigenvalue weighted by Gasteiger charge is -2.19. The summed E-state index contributed by atoms with van der Waals surface area (Å²) < 4.78 is 0. The van der Waals surface area contributed by atoms with Crippen molar-refractivity contribution >= 4 is 17.7 Å². The fraction of sp³-hybridized carbons (Fsp3) is 0.500. The van der Waals surface area contributed by atoms with Gasteiger partial charge in [-0.05, 0) is 19.1 Å². The number of carbonyl (C=O) groups excluding carboxylic acids is 1. The highest BCUT2D eigenvalue weighted by Crippen LogP contribution is 2.23. The lowest BCUT2D eigenvalue weighted by Crippen LogP contribution is -2.30. The molecule has 0 saturated carbocycles. The maximum Gasteiger partial charge on any atom is 0.335 e. The molecule has 0 spiro atoms. The number of nitrogens with zero attached hydrogens (tertiary/aromatic N) is 1. The van der Waals surface area contributed by atoms with Crippen molar-refractivity contribution in [2.75, 3.05) is 18.4 Å². The number of aromatic nitrogens is 1. The summed E-state index contributed by atoms with van der Waals surface area (Å²) in [7, 11) is 0. The van der Waals surface area contributed by atoms with Gasteiger partial charge in [0.25, 0.3) is 0 Å². The lowest BCUT2D eigenvalue weighted by atomic mass is 9.91. The Balaban J connectivity index is 2.98. The van der Waals surface area contributed by atoms with Crippen LogP contribution in [0.4, 0.5) is 5.82 Å². The number of carbonyl (C=O) groups is 2. The van der Waals surface area contributed by atoms with Gasteiger partial charge in [0, 0.05) is 17.7 Å². The van der Waals surface area contributed by atoms with Gasteiger partial charge in [-0.25, -0.2) is 9.78 Å². The van der Waals surface area contributed by atoms with Crippen LogP contribution in [0, 0.1) is 0 Å². The second-order valence-electron chi connectivity index (χ2n) is 5.49. The molecule has 20 heavy (non-hydrogen) atoms. The highest BCUT2D eigenvalue weighted by atomic mass is 16.4. The second kappa shape index (κ2) is 6.36. The summed E-state index contributed by atoms with van der Waals surface area (Å²) in [5.74, 6) is -0.785. The third kappa shape index (κ3) is 4.53. The minimum atomic E-state index is -1.01. The number of hydrogen-bond acceptors (Lipinski definition) is 4. The summed E-state index contributed by atoms with van der Waals surface area (Å²) in [6.45, 7) is 8.31. The molecule has 1 heterocycles. The van der Waals surface area contributed by atoms with Gasteiger partial charge in [-0.15, -0.1) is 0 Å². The van der Waals surface area contributed by atoms with Crippen LogP contribution in [-0.2, 0) is 10.2 Å². The van der Waals surface area contributed by atoms with Crippen LogP contribution in [0.3, 0.4) is 0 Å². The molecule has 0 radical (unpaired) electrons. The number of carboxylic acid groups (broad SMARTS) is 1. The summed E-state index contributed by atoms with van der Waals surface area (Å²) >= 11 is 0. The van der Waals surface area contributed by atoms with E-state index in [0.717, 1.165) is 0 Å². The summed E-state index contributed by atoms with van der Waals surface area (Å²) in [4.78, 5) is 26.9. The molecular formula is C14H21N3O3. The average molecular weight is 279 g/mol. The topological polar surface area (TPSA) is 91.3 Å². The molecule has 6 heteroatoms. The van der Waals surface area contributed by atoms with Crippen LogP contribution in [0.15, 0.2) is 12.1 Å². The van der Waals surface area contributed by atoms with E-state index in [-0.39, 0.29) is 23.4 Å². The zero-order valence-corrected chi connectivity index (χ0v) is 12.3. The third-order valence-corrected chi connectivity index (χ3v) is 2.64. The van der Waals surface area contributed by atoms with E-state index in [2.05, 4.69) is 15.6 Å². The van der Waals surface area contributed by atoms with E-state index < -0.39 is 5.97 Å². The zero-order chi connectivity index (χ0) is 15.3. The fourth-order valence-electron chi connectivity index (χ4n) is 1.56. The van der Waals surface area contributed by atoms with Gasteiger partial charge in [0.1, 0.15) is 5.82 Å². The Bertz CT molecular complexity index is 507. The van der Waals surface area contributed by atoms with Crippen molar-refractivity contribution in [3.8, 4) is 0 Å². The maximum absolute atomic E-state index is 11.4. The summed E-state index contributed by atoms with van der Waals surface area (Å²) in [5.41, 5.74) is 0.548. The zero-order valence-electron chi connectivity index (χ0n) is 12.3. The molecule has 0 aliphatic carbocycles. The number of aromatic carboxylic acids is 1. The number of nitrogens with one attached hydrogen (secondary N) is 2. The first-order chi connectivity index (χ1) is 9.24. The van der Waals surface area contributed by atoms with E-state index in [4.69, 9.17) is 5.11 Å². The standard InChI is InChI=1S/C14H21N3O3/c1-5-15-12(18)8-16-11-7-9(13(19)20)6-10(17-11)14(2,3)4/h6-7H,5,8H2,1-4H3,(H,15,18)(H,16,17)(H,19,20). The molecule has 3 N–H and O–H groups in total. The van der Waals surface area contributed by atoms with Crippen LogP contribution in [-0.4, -0.2) is 35.1 Å². The highest BCUT2D eigenvalue weighted by Gasteiger charge is 2.19. The normalized spacial score (nSPS) is 11.0. The monoisotopic (exact) mass is 279 g/mol. The molecule has 0 unspecified atom stereocenters. The van der Waals surface area contributed by atoms with Crippen LogP contribution >= 0.6 is 0 Å². The molecule has 0 aliphatic heterocycles. The average Bonchev–Trinajstić information content (AvgIpc) is 2.35. The number of rotatable bonds is 5. The Morgan fingerprint density at radius 2 is 1.95 bits per heavy atom. The van der Waals surface area contributed by atoms with Crippen molar-refractivity contribution in [2.24, 2.45) is 0 Å². The van der Waals surface area contributed by atoms with Gasteiger partial charge >= 0.3 is 5.97 Å². The van der Waals surface area contributed by atoms with Crippen LogP contribution in [0.5, 0.6) is 0 Å². The van der Waals surface area contributed by atoms with Crippen molar-refractivity contribution in [1.29, 1.82) is 0 Å². The first-order valence-electron chi connectivity index (χ1n) is 6.50. The molecule has 0 atom stereocenters. The molecule has 1 rings (SSSR count). The van der Waals surface area contributed by atoms with Crippen molar-refractivity contribution in [3.05, 3.63) is 23.4 Å². The predicted octanol–water partition coefficient (Wildman–Crippen LogP) is 1.63. The Labute approximate surface area is 118 Å². The van der Waals surface area contributed by atoms with Crippen molar-refractivity contribution in [2.45, 2.75) is 33.1 Å². The van der Waals surface area contributed by atoms with Crippen LogP contribution in [0.2, 0.25) is 0 Å². The van der Waals surface area contributed by atoms with Crippen molar-refractivity contribution in [1.82, 2.24) is 10.3 Å². The van der Waals surface area contributed by atoms with Gasteiger partial charge in [-0.3, -0.25) is 4.79 Å². The van der Waals surface area contributed by atoms with Crippen LogP contribution in [0.25, 0.3) is 0 Å². The van der Waals surface area contributed by atoms with Crippen LogP contribution < -0.4 is 10.6 Å². The fourth-order valence-corrected chi connectivity index (χ4v) is 1.56. The first kappa shape index (κ1) is 15.9. The van der Waals surface area contributed by atoms with Gasteiger partial charge in [0.2, 0.25) is 5.91 Å². The minimum Gasteiger partial charge on any atom is -0.478 e. The molecule has 0 aromatic carbocycles. The van der Waals surface area contributed by atoms with Gasteiger partial charge in [0.05, 0.1) is 12.1 Å². The predicted molar refractivity (Wildman–Crippen MR) is 77.1 cm³/mol. The largest absolute Gasteiger partial charge is 0.478 e. The molecule has 1 aromatic heterocycles. The van der Waals surface area contributed by atoms with E-state index in [1.165, 1.54) is 6.07 Å². The molecule has 0 bridgehead atoms. The summed E-state index contributed by atoms with van der Waals surface area (Å²) in [6.07, 6.45) is 0. The summed E-state index contributed by atoms with van der Waals surface area (Å²) in [5, 5.41) is 14.6. The Kier molecular flexibility index (Phi) is 5.07. The van der Waals surface area contributed by atoms with Gasteiger partial charge in [-0.2, -0.15) is 0 Å². The first-order valence-corrected chi connectivity index (χ1v) is 6.50. The van der Waals surface area contributed by atoms with Crippen molar-refractivity contribution < 1.29 is 14.7 Å². The SMILES string of the molecule is CCNC(=O)CNc1cc(C(=O)O)cc(C(C)(C)C)n1. The van der Waals surface area contributed by atoms with E-state index in [1.807, 2.05) is 27.7 Å². The smallest absolute Gasteiger partial charge is 0.335 e. The van der Waals surface area contributed by atoms with Gasteiger partial charge in [-0.1, -0.05) is 20.8 Å². The van der Waals surface area contributed by atoms with E-state index in [0.29, 0.717) is 18.1 Å². The number of amides is 1.